The van der Waals surface area contributed by atoms with E-state index in [1.54, 1.807) is 10.7 Å². The molecule has 5 heteroatoms. The van der Waals surface area contributed by atoms with Crippen molar-refractivity contribution < 1.29 is 0 Å². The molecule has 3 aromatic heterocycles. The Hall–Kier alpha value is -3.21. The first-order chi connectivity index (χ1) is 11.8. The van der Waals surface area contributed by atoms with E-state index in [1.165, 1.54) is 0 Å². The van der Waals surface area contributed by atoms with Gasteiger partial charge in [0.15, 0.2) is 5.65 Å². The zero-order chi connectivity index (χ0) is 16.4. The molecule has 0 fully saturated rings. The van der Waals surface area contributed by atoms with Crippen LogP contribution in [0.25, 0.3) is 16.8 Å². The van der Waals surface area contributed by atoms with Crippen molar-refractivity contribution in [2.24, 2.45) is 0 Å². The van der Waals surface area contributed by atoms with Crippen LogP contribution < -0.4 is 5.32 Å². The molecule has 0 saturated carbocycles. The monoisotopic (exact) mass is 313 g/mol. The summed E-state index contributed by atoms with van der Waals surface area (Å²) >= 11 is 0. The van der Waals surface area contributed by atoms with Crippen molar-refractivity contribution in [3.05, 3.63) is 85.3 Å². The fraction of sp³-hybridized carbons (Fsp3) is 0.0526. The van der Waals surface area contributed by atoms with Gasteiger partial charge in [-0.15, -0.1) is 0 Å². The van der Waals surface area contributed by atoms with E-state index < -0.39 is 0 Å². The van der Waals surface area contributed by atoms with Gasteiger partial charge in [-0.2, -0.15) is 5.10 Å². The second-order valence-corrected chi connectivity index (χ2v) is 5.48. The average Bonchev–Trinajstić information content (AvgIpc) is 3.04. The first kappa shape index (κ1) is 14.4. The van der Waals surface area contributed by atoms with E-state index in [0.29, 0.717) is 6.54 Å². The summed E-state index contributed by atoms with van der Waals surface area (Å²) in [5.74, 6) is 0.789. The second kappa shape index (κ2) is 6.12. The van der Waals surface area contributed by atoms with Gasteiger partial charge in [-0.1, -0.05) is 30.3 Å². The minimum Gasteiger partial charge on any atom is -0.366 e. The minimum absolute atomic E-state index is 0.665. The lowest BCUT2D eigenvalue weighted by Gasteiger charge is -2.06. The molecular weight excluding hydrogens is 298 g/mol. The number of hydrogen-bond donors (Lipinski definition) is 1. The Kier molecular flexibility index (Phi) is 3.67. The van der Waals surface area contributed by atoms with Gasteiger partial charge in [0.05, 0.1) is 6.20 Å². The summed E-state index contributed by atoms with van der Waals surface area (Å²) in [6.45, 7) is 6.55. The van der Waals surface area contributed by atoms with Crippen LogP contribution in [0.2, 0.25) is 0 Å². The van der Waals surface area contributed by atoms with Crippen LogP contribution in [-0.2, 0) is 6.54 Å². The number of rotatable bonds is 4. The Bertz CT molecular complexity index is 975. The molecule has 3 heterocycles. The van der Waals surface area contributed by atoms with Gasteiger partial charge < -0.3 is 5.32 Å². The number of anilines is 1. The van der Waals surface area contributed by atoms with Gasteiger partial charge in [0, 0.05) is 30.7 Å². The van der Waals surface area contributed by atoms with Crippen molar-refractivity contribution in [2.45, 2.75) is 6.54 Å². The van der Waals surface area contributed by atoms with Crippen LogP contribution in [0.5, 0.6) is 0 Å². The number of nitrogens with zero attached hydrogens (tertiary/aromatic N) is 4. The standard InChI is InChI=1S/C19H15N5/c1-14-4-2-6-16(10-14)17-13-22-24-9-7-18(23-19(17)24)21-12-15-5-3-8-20-11-15/h1-11,13H,12H2,(H,21,23). The smallest absolute Gasteiger partial charge is 0.165 e. The summed E-state index contributed by atoms with van der Waals surface area (Å²) in [5, 5.41) is 7.68. The fourth-order valence-electron chi connectivity index (χ4n) is 2.57. The predicted molar refractivity (Wildman–Crippen MR) is 93.4 cm³/mol. The van der Waals surface area contributed by atoms with Crippen molar-refractivity contribution in [3.63, 3.8) is 0 Å². The Balaban J connectivity index is 1.66. The third kappa shape index (κ3) is 2.84. The Morgan fingerprint density at radius 2 is 2.04 bits per heavy atom. The van der Waals surface area contributed by atoms with E-state index >= 15 is 0 Å². The largest absolute Gasteiger partial charge is 0.366 e. The maximum Gasteiger partial charge on any atom is 0.165 e. The minimum atomic E-state index is 0.665. The maximum absolute atomic E-state index is 5.88. The Labute approximate surface area is 140 Å². The second-order valence-electron chi connectivity index (χ2n) is 5.48. The first-order valence-electron chi connectivity index (χ1n) is 7.63. The zero-order valence-corrected chi connectivity index (χ0v) is 12.9. The van der Waals surface area contributed by atoms with Gasteiger partial charge in [-0.25, -0.2) is 9.50 Å². The van der Waals surface area contributed by atoms with Crippen molar-refractivity contribution >= 4 is 11.5 Å². The van der Waals surface area contributed by atoms with Crippen LogP contribution in [0.3, 0.4) is 0 Å². The number of benzene rings is 1. The molecule has 0 spiro atoms. The summed E-state index contributed by atoms with van der Waals surface area (Å²) in [6.07, 6.45) is 7.30. The maximum atomic E-state index is 5.88. The Morgan fingerprint density at radius 3 is 2.88 bits per heavy atom. The summed E-state index contributed by atoms with van der Waals surface area (Å²) in [5.41, 5.74) is 4.56. The summed E-state index contributed by atoms with van der Waals surface area (Å²) < 4.78 is 1.76. The molecule has 1 aromatic carbocycles. The molecule has 0 aliphatic heterocycles. The van der Waals surface area contributed by atoms with Crippen LogP contribution in [0, 0.1) is 6.92 Å². The molecule has 0 aliphatic carbocycles. The summed E-state index contributed by atoms with van der Waals surface area (Å²) in [7, 11) is 0. The summed E-state index contributed by atoms with van der Waals surface area (Å²) in [4.78, 5) is 8.80. The van der Waals surface area contributed by atoms with E-state index in [2.05, 4.69) is 20.4 Å². The van der Waals surface area contributed by atoms with Gasteiger partial charge in [0.25, 0.3) is 0 Å². The highest BCUT2D eigenvalue weighted by Gasteiger charge is 2.09. The average molecular weight is 313 g/mol. The highest BCUT2D eigenvalue weighted by molar-refractivity contribution is 5.78. The number of nitrogens with one attached hydrogen (secondary N) is 1. The molecular formula is C19H15N5. The molecule has 5 nitrogen and oxygen atoms in total. The highest BCUT2D eigenvalue weighted by Crippen LogP contribution is 2.24. The number of pyridine rings is 1. The van der Waals surface area contributed by atoms with Gasteiger partial charge in [0.1, 0.15) is 5.82 Å². The van der Waals surface area contributed by atoms with Crippen molar-refractivity contribution in [3.8, 4) is 11.1 Å². The lowest BCUT2D eigenvalue weighted by molar-refractivity contribution is 0.936. The normalized spacial score (nSPS) is 10.9. The van der Waals surface area contributed by atoms with Crippen LogP contribution in [0.4, 0.5) is 5.82 Å². The van der Waals surface area contributed by atoms with Gasteiger partial charge in [0.2, 0.25) is 0 Å². The molecule has 24 heavy (non-hydrogen) atoms. The quantitative estimate of drug-likeness (QED) is 0.627. The number of hydrogen-bond acceptors (Lipinski definition) is 4. The molecule has 0 unspecified atom stereocenters. The third-order valence-electron chi connectivity index (χ3n) is 3.76. The van der Waals surface area contributed by atoms with Crippen LogP contribution in [0.15, 0.2) is 67.3 Å². The van der Waals surface area contributed by atoms with Crippen molar-refractivity contribution in [1.82, 2.24) is 19.6 Å². The molecule has 0 bridgehead atoms. The molecule has 4 aromatic rings. The van der Waals surface area contributed by atoms with Gasteiger partial charge in [-0.3, -0.25) is 4.98 Å². The lowest BCUT2D eigenvalue weighted by atomic mass is 10.1. The van der Waals surface area contributed by atoms with Crippen LogP contribution >= 0.6 is 0 Å². The van der Waals surface area contributed by atoms with E-state index in [0.717, 1.165) is 33.7 Å². The van der Waals surface area contributed by atoms with Crippen LogP contribution in [0.1, 0.15) is 11.1 Å². The first-order valence-corrected chi connectivity index (χ1v) is 7.63. The van der Waals surface area contributed by atoms with E-state index in [1.807, 2.05) is 61.1 Å². The topological polar surface area (TPSA) is 55.1 Å². The lowest BCUT2D eigenvalue weighted by Crippen LogP contribution is -2.03. The molecule has 1 N–H and O–H groups in total. The van der Waals surface area contributed by atoms with Crippen molar-refractivity contribution in [1.29, 1.82) is 0 Å². The zero-order valence-electron chi connectivity index (χ0n) is 12.9. The molecule has 116 valence electrons. The Morgan fingerprint density at radius 1 is 1.08 bits per heavy atom. The van der Waals surface area contributed by atoms with E-state index in [-0.39, 0.29) is 0 Å². The number of aromatic nitrogens is 4. The molecule has 0 amide bonds. The summed E-state index contributed by atoms with van der Waals surface area (Å²) in [6, 6.07) is 13.6. The van der Waals surface area contributed by atoms with E-state index in [9.17, 15) is 0 Å². The third-order valence-corrected chi connectivity index (χ3v) is 3.76. The van der Waals surface area contributed by atoms with Crippen molar-refractivity contribution in [2.75, 3.05) is 5.32 Å². The SMILES string of the molecule is [CH]c1cccc(-c2cnn3ccc(NCc4cccnc4)nc23)c1. The van der Waals surface area contributed by atoms with Gasteiger partial charge in [-0.05, 0) is 35.7 Å². The number of fused-ring (bicyclic) bond motifs is 1. The van der Waals surface area contributed by atoms with Crippen LogP contribution in [-0.4, -0.2) is 19.6 Å². The molecule has 0 saturated heterocycles. The molecule has 0 aliphatic rings. The fourth-order valence-corrected chi connectivity index (χ4v) is 2.57. The predicted octanol–water partition coefficient (Wildman–Crippen LogP) is 3.46. The molecule has 2 radical (unpaired) electrons. The molecule has 0 atom stereocenters. The van der Waals surface area contributed by atoms with Gasteiger partial charge >= 0.3 is 0 Å². The highest BCUT2D eigenvalue weighted by atomic mass is 15.2. The van der Waals surface area contributed by atoms with E-state index in [4.69, 9.17) is 6.92 Å². The molecule has 4 rings (SSSR count).